The van der Waals surface area contributed by atoms with Crippen LogP contribution < -0.4 is 16.6 Å². The van der Waals surface area contributed by atoms with Gasteiger partial charge in [-0.1, -0.05) is 12.8 Å². The van der Waals surface area contributed by atoms with Crippen LogP contribution in [-0.2, 0) is 0 Å². The minimum atomic E-state index is -0.0697. The number of hydrazine groups is 1. The van der Waals surface area contributed by atoms with Gasteiger partial charge in [0.2, 0.25) is 0 Å². The molecule has 0 bridgehead atoms. The molecule has 0 unspecified atom stereocenters. The fourth-order valence-electron chi connectivity index (χ4n) is 1.75. The van der Waals surface area contributed by atoms with Crippen molar-refractivity contribution >= 4 is 11.7 Å². The van der Waals surface area contributed by atoms with Crippen LogP contribution in [0.2, 0.25) is 0 Å². The lowest BCUT2D eigenvalue weighted by Gasteiger charge is -2.06. The Morgan fingerprint density at radius 2 is 2.35 bits per heavy atom. The van der Waals surface area contributed by atoms with Crippen LogP contribution in [-0.4, -0.2) is 17.4 Å². The monoisotopic (exact) mass is 234 g/mol. The van der Waals surface area contributed by atoms with E-state index in [1.165, 1.54) is 19.3 Å². The Balaban J connectivity index is 1.76. The molecule has 92 valence electrons. The highest BCUT2D eigenvalue weighted by Crippen LogP contribution is 2.33. The van der Waals surface area contributed by atoms with Gasteiger partial charge in [0.25, 0.3) is 5.91 Å². The number of rotatable bonds is 6. The third kappa shape index (κ3) is 3.71. The van der Waals surface area contributed by atoms with Crippen LogP contribution in [0.3, 0.4) is 0 Å². The van der Waals surface area contributed by atoms with E-state index in [-0.39, 0.29) is 5.91 Å². The molecule has 5 nitrogen and oxygen atoms in total. The Bertz CT molecular complexity index is 390. The summed E-state index contributed by atoms with van der Waals surface area (Å²) in [5.74, 6) is 6.58. The van der Waals surface area contributed by atoms with Crippen molar-refractivity contribution in [3.8, 4) is 0 Å². The number of carbonyl (C=O) groups is 1. The maximum Gasteiger partial charge on any atom is 0.251 e. The molecule has 1 fully saturated rings. The van der Waals surface area contributed by atoms with Gasteiger partial charge in [0, 0.05) is 18.3 Å². The molecule has 1 aliphatic rings. The molecule has 4 N–H and O–H groups in total. The SMILES string of the molecule is NNc1cc(C(=O)NCCCC2CC2)ccn1. The molecule has 1 heterocycles. The van der Waals surface area contributed by atoms with Crippen LogP contribution in [0, 0.1) is 5.92 Å². The van der Waals surface area contributed by atoms with Gasteiger partial charge in [-0.05, 0) is 30.9 Å². The summed E-state index contributed by atoms with van der Waals surface area (Å²) in [6.45, 7) is 0.739. The number of nitrogens with zero attached hydrogens (tertiary/aromatic N) is 1. The minimum Gasteiger partial charge on any atom is -0.352 e. The first-order chi connectivity index (χ1) is 8.29. The molecule has 1 aromatic rings. The average molecular weight is 234 g/mol. The molecule has 0 aliphatic heterocycles. The van der Waals surface area contributed by atoms with Crippen molar-refractivity contribution in [3.63, 3.8) is 0 Å². The predicted octanol–water partition coefficient (Wildman–Crippen LogP) is 1.29. The summed E-state index contributed by atoms with van der Waals surface area (Å²) in [6.07, 6.45) is 6.58. The molecule has 1 aromatic heterocycles. The number of aromatic nitrogens is 1. The zero-order valence-electron chi connectivity index (χ0n) is 9.78. The second-order valence-electron chi connectivity index (χ2n) is 4.42. The number of nitrogens with two attached hydrogens (primary N) is 1. The van der Waals surface area contributed by atoms with Gasteiger partial charge in [0.05, 0.1) is 0 Å². The standard InChI is InChI=1S/C12H18N4O/c13-16-11-8-10(5-7-14-11)12(17)15-6-1-2-9-3-4-9/h5,7-9H,1-4,6,13H2,(H,14,16)(H,15,17). The Hall–Kier alpha value is -1.62. The number of nitrogen functional groups attached to an aromatic ring is 1. The molecule has 0 saturated heterocycles. The van der Waals surface area contributed by atoms with Crippen molar-refractivity contribution < 1.29 is 4.79 Å². The third-order valence-electron chi connectivity index (χ3n) is 2.94. The second-order valence-corrected chi connectivity index (χ2v) is 4.42. The van der Waals surface area contributed by atoms with E-state index in [9.17, 15) is 4.79 Å². The molecule has 1 aliphatic carbocycles. The number of carbonyl (C=O) groups excluding carboxylic acids is 1. The van der Waals surface area contributed by atoms with E-state index in [4.69, 9.17) is 5.84 Å². The van der Waals surface area contributed by atoms with Gasteiger partial charge in [0.15, 0.2) is 0 Å². The van der Waals surface area contributed by atoms with Crippen LogP contribution >= 0.6 is 0 Å². The maximum atomic E-state index is 11.8. The summed E-state index contributed by atoms with van der Waals surface area (Å²) in [5.41, 5.74) is 3.00. The molecule has 5 heteroatoms. The molecule has 1 amide bonds. The normalized spacial score (nSPS) is 14.4. The molecular formula is C12H18N4O. The van der Waals surface area contributed by atoms with E-state index in [0.29, 0.717) is 11.4 Å². The van der Waals surface area contributed by atoms with Crippen molar-refractivity contribution in [1.82, 2.24) is 10.3 Å². The number of nitrogens with one attached hydrogen (secondary N) is 2. The lowest BCUT2D eigenvalue weighted by Crippen LogP contribution is -2.24. The highest BCUT2D eigenvalue weighted by atomic mass is 16.1. The van der Waals surface area contributed by atoms with Gasteiger partial charge in [-0.2, -0.15) is 0 Å². The lowest BCUT2D eigenvalue weighted by molar-refractivity contribution is 0.0952. The highest BCUT2D eigenvalue weighted by molar-refractivity contribution is 5.94. The van der Waals surface area contributed by atoms with E-state index in [1.807, 2.05) is 0 Å². The molecular weight excluding hydrogens is 216 g/mol. The van der Waals surface area contributed by atoms with Gasteiger partial charge in [0.1, 0.15) is 5.82 Å². The van der Waals surface area contributed by atoms with Crippen molar-refractivity contribution in [2.75, 3.05) is 12.0 Å². The van der Waals surface area contributed by atoms with Gasteiger partial charge < -0.3 is 10.7 Å². The van der Waals surface area contributed by atoms with Crippen LogP contribution in [0.4, 0.5) is 5.82 Å². The summed E-state index contributed by atoms with van der Waals surface area (Å²) >= 11 is 0. The van der Waals surface area contributed by atoms with E-state index in [1.54, 1.807) is 18.3 Å². The largest absolute Gasteiger partial charge is 0.352 e. The van der Waals surface area contributed by atoms with Crippen molar-refractivity contribution in [2.45, 2.75) is 25.7 Å². The Morgan fingerprint density at radius 1 is 1.53 bits per heavy atom. The topological polar surface area (TPSA) is 80.0 Å². The van der Waals surface area contributed by atoms with Gasteiger partial charge in [-0.25, -0.2) is 10.8 Å². The zero-order valence-corrected chi connectivity index (χ0v) is 9.78. The number of amides is 1. The fourth-order valence-corrected chi connectivity index (χ4v) is 1.75. The first-order valence-electron chi connectivity index (χ1n) is 6.00. The summed E-state index contributed by atoms with van der Waals surface area (Å²) in [6, 6.07) is 3.31. The van der Waals surface area contributed by atoms with Gasteiger partial charge in [-0.3, -0.25) is 4.79 Å². The molecule has 0 spiro atoms. The molecule has 2 rings (SSSR count). The Labute approximate surface area is 101 Å². The van der Waals surface area contributed by atoms with E-state index >= 15 is 0 Å². The second kappa shape index (κ2) is 5.63. The number of pyridine rings is 1. The summed E-state index contributed by atoms with van der Waals surface area (Å²) in [5, 5.41) is 2.90. The van der Waals surface area contributed by atoms with Crippen LogP contribution in [0.15, 0.2) is 18.3 Å². The lowest BCUT2D eigenvalue weighted by atomic mass is 10.2. The fraction of sp³-hybridized carbons (Fsp3) is 0.500. The third-order valence-corrected chi connectivity index (χ3v) is 2.94. The highest BCUT2D eigenvalue weighted by Gasteiger charge is 2.20. The first-order valence-corrected chi connectivity index (χ1v) is 6.00. The Morgan fingerprint density at radius 3 is 3.06 bits per heavy atom. The van der Waals surface area contributed by atoms with Gasteiger partial charge in [-0.15, -0.1) is 0 Å². The van der Waals surface area contributed by atoms with Gasteiger partial charge >= 0.3 is 0 Å². The van der Waals surface area contributed by atoms with Crippen molar-refractivity contribution in [1.29, 1.82) is 0 Å². The van der Waals surface area contributed by atoms with Crippen LogP contribution in [0.1, 0.15) is 36.0 Å². The van der Waals surface area contributed by atoms with E-state index in [0.717, 1.165) is 18.9 Å². The molecule has 17 heavy (non-hydrogen) atoms. The Kier molecular flexibility index (Phi) is 3.93. The number of hydrogen-bond donors (Lipinski definition) is 3. The summed E-state index contributed by atoms with van der Waals surface area (Å²) in [7, 11) is 0. The zero-order chi connectivity index (χ0) is 12.1. The number of hydrogen-bond acceptors (Lipinski definition) is 4. The van der Waals surface area contributed by atoms with Crippen LogP contribution in [0.5, 0.6) is 0 Å². The summed E-state index contributed by atoms with van der Waals surface area (Å²) in [4.78, 5) is 15.7. The van der Waals surface area contributed by atoms with E-state index < -0.39 is 0 Å². The molecule has 1 saturated carbocycles. The van der Waals surface area contributed by atoms with Crippen molar-refractivity contribution in [3.05, 3.63) is 23.9 Å². The smallest absolute Gasteiger partial charge is 0.251 e. The number of anilines is 1. The molecule has 0 radical (unpaired) electrons. The first kappa shape index (κ1) is 11.9. The maximum absolute atomic E-state index is 11.8. The van der Waals surface area contributed by atoms with Crippen LogP contribution in [0.25, 0.3) is 0 Å². The predicted molar refractivity (Wildman–Crippen MR) is 66.3 cm³/mol. The molecule has 0 atom stereocenters. The average Bonchev–Trinajstić information content (AvgIpc) is 3.18. The quantitative estimate of drug-likeness (QED) is 0.393. The molecule has 0 aromatic carbocycles. The summed E-state index contributed by atoms with van der Waals surface area (Å²) < 4.78 is 0. The minimum absolute atomic E-state index is 0.0697. The van der Waals surface area contributed by atoms with E-state index in [2.05, 4.69) is 15.7 Å². The van der Waals surface area contributed by atoms with Crippen molar-refractivity contribution in [2.24, 2.45) is 11.8 Å².